The Bertz CT molecular complexity index is 171. The number of carbonyl (C=O) groups is 1. The fourth-order valence-electron chi connectivity index (χ4n) is 0.865. The summed E-state index contributed by atoms with van der Waals surface area (Å²) in [5, 5.41) is 5.81. The maximum Gasteiger partial charge on any atom is 0.407 e. The highest BCUT2D eigenvalue weighted by atomic mass is 16.6. The summed E-state index contributed by atoms with van der Waals surface area (Å²) in [7, 11) is 0. The van der Waals surface area contributed by atoms with Crippen LogP contribution in [0.15, 0.2) is 0 Å². The van der Waals surface area contributed by atoms with Gasteiger partial charge in [-0.3, -0.25) is 0 Å². The van der Waals surface area contributed by atoms with Gasteiger partial charge in [0.25, 0.3) is 0 Å². The first-order chi connectivity index (χ1) is 6.47. The molecule has 1 fully saturated rings. The molecule has 4 nitrogen and oxygen atoms in total. The third kappa shape index (κ3) is 5.80. The van der Waals surface area contributed by atoms with Crippen LogP contribution in [0.3, 0.4) is 0 Å². The second-order valence-corrected chi connectivity index (χ2v) is 4.00. The van der Waals surface area contributed by atoms with E-state index >= 15 is 0 Å². The molecule has 1 aliphatic heterocycles. The largest absolute Gasteiger partial charge is 0.444 e. The van der Waals surface area contributed by atoms with Gasteiger partial charge in [-0.15, -0.1) is 0 Å². The van der Waals surface area contributed by atoms with Gasteiger partial charge in [0.1, 0.15) is 5.60 Å². The summed E-state index contributed by atoms with van der Waals surface area (Å²) < 4.78 is 5.07. The van der Waals surface area contributed by atoms with Crippen LogP contribution in [-0.4, -0.2) is 30.8 Å². The fourth-order valence-corrected chi connectivity index (χ4v) is 0.865. The number of nitrogens with one attached hydrogen (secondary N) is 2. The molecule has 1 saturated heterocycles. The summed E-state index contributed by atoms with van der Waals surface area (Å²) >= 11 is 0. The number of rotatable bonds is 1. The summed E-state index contributed by atoms with van der Waals surface area (Å²) in [6.45, 7) is 11.3. The molecule has 0 bridgehead atoms. The van der Waals surface area contributed by atoms with E-state index in [2.05, 4.69) is 10.6 Å². The van der Waals surface area contributed by atoms with E-state index in [0.717, 1.165) is 13.1 Å². The van der Waals surface area contributed by atoms with Crippen LogP contribution in [0, 0.1) is 0 Å². The molecule has 0 unspecified atom stereocenters. The standard InChI is InChI=1S/C8H16N2O2.C2H6/c1-8(2,3)12-7(11)10-6-4-9-5-6;1-2/h6,9H,4-5H2,1-3H3,(H,10,11);1-2H3. The van der Waals surface area contributed by atoms with Crippen molar-refractivity contribution >= 4 is 6.09 Å². The predicted octanol–water partition coefficient (Wildman–Crippen LogP) is 1.51. The van der Waals surface area contributed by atoms with Crippen LogP contribution in [-0.2, 0) is 4.74 Å². The van der Waals surface area contributed by atoms with E-state index in [-0.39, 0.29) is 12.1 Å². The number of hydrogen-bond donors (Lipinski definition) is 2. The zero-order valence-electron chi connectivity index (χ0n) is 9.81. The minimum atomic E-state index is -0.402. The Morgan fingerprint density at radius 1 is 1.36 bits per heavy atom. The van der Waals surface area contributed by atoms with Gasteiger partial charge in [0.2, 0.25) is 0 Å². The summed E-state index contributed by atoms with van der Waals surface area (Å²) in [5.74, 6) is 0. The fraction of sp³-hybridized carbons (Fsp3) is 0.900. The van der Waals surface area contributed by atoms with Crippen molar-refractivity contribution < 1.29 is 9.53 Å². The molecule has 0 aromatic rings. The molecule has 0 saturated carbocycles. The summed E-state index contributed by atoms with van der Waals surface area (Å²) in [5.41, 5.74) is -0.402. The number of alkyl carbamates (subject to hydrolysis) is 1. The van der Waals surface area contributed by atoms with Crippen molar-refractivity contribution in [1.29, 1.82) is 0 Å². The maximum absolute atomic E-state index is 11.1. The van der Waals surface area contributed by atoms with Crippen molar-refractivity contribution in [2.24, 2.45) is 0 Å². The molecule has 1 heterocycles. The molecule has 0 atom stereocenters. The Labute approximate surface area is 86.4 Å². The van der Waals surface area contributed by atoms with Crippen molar-refractivity contribution in [3.63, 3.8) is 0 Å². The molecule has 14 heavy (non-hydrogen) atoms. The molecule has 1 aliphatic rings. The molecule has 0 aromatic heterocycles. The van der Waals surface area contributed by atoms with Gasteiger partial charge in [-0.2, -0.15) is 0 Å². The van der Waals surface area contributed by atoms with Crippen LogP contribution in [0.4, 0.5) is 4.79 Å². The first kappa shape index (κ1) is 13.2. The first-order valence-corrected chi connectivity index (χ1v) is 5.17. The normalized spacial score (nSPS) is 16.1. The highest BCUT2D eigenvalue weighted by Crippen LogP contribution is 2.06. The quantitative estimate of drug-likeness (QED) is 0.677. The van der Waals surface area contributed by atoms with Crippen LogP contribution < -0.4 is 10.6 Å². The molecule has 0 spiro atoms. The van der Waals surface area contributed by atoms with Crippen molar-refractivity contribution in [2.75, 3.05) is 13.1 Å². The summed E-state index contributed by atoms with van der Waals surface area (Å²) in [6.07, 6.45) is -0.325. The van der Waals surface area contributed by atoms with Gasteiger partial charge >= 0.3 is 6.09 Å². The van der Waals surface area contributed by atoms with E-state index < -0.39 is 5.60 Å². The van der Waals surface area contributed by atoms with Crippen molar-refractivity contribution in [3.05, 3.63) is 0 Å². The highest BCUT2D eigenvalue weighted by Gasteiger charge is 2.22. The molecule has 0 aromatic carbocycles. The molecule has 2 N–H and O–H groups in total. The summed E-state index contributed by atoms with van der Waals surface area (Å²) in [4.78, 5) is 11.1. The zero-order valence-corrected chi connectivity index (χ0v) is 9.81. The number of hydrogen-bond acceptors (Lipinski definition) is 3. The van der Waals surface area contributed by atoms with Crippen molar-refractivity contribution in [3.8, 4) is 0 Å². The molecule has 4 heteroatoms. The van der Waals surface area contributed by atoms with E-state index in [4.69, 9.17) is 4.74 Å². The number of amides is 1. The van der Waals surface area contributed by atoms with Gasteiger partial charge in [-0.25, -0.2) is 4.79 Å². The number of ether oxygens (including phenoxy) is 1. The van der Waals surface area contributed by atoms with Gasteiger partial charge in [0, 0.05) is 13.1 Å². The third-order valence-corrected chi connectivity index (χ3v) is 1.50. The minimum Gasteiger partial charge on any atom is -0.444 e. The minimum absolute atomic E-state index is 0.250. The molecule has 1 rings (SSSR count). The highest BCUT2D eigenvalue weighted by molar-refractivity contribution is 5.68. The van der Waals surface area contributed by atoms with Gasteiger partial charge < -0.3 is 15.4 Å². The lowest BCUT2D eigenvalue weighted by Crippen LogP contribution is -2.57. The lowest BCUT2D eigenvalue weighted by molar-refractivity contribution is 0.0488. The van der Waals surface area contributed by atoms with Crippen LogP contribution in [0.25, 0.3) is 0 Å². The number of carbonyl (C=O) groups excluding carboxylic acids is 1. The Kier molecular flexibility index (Phi) is 5.53. The summed E-state index contributed by atoms with van der Waals surface area (Å²) in [6, 6.07) is 0.250. The molecule has 0 radical (unpaired) electrons. The van der Waals surface area contributed by atoms with E-state index in [1.165, 1.54) is 0 Å². The molecule has 1 amide bonds. The van der Waals surface area contributed by atoms with E-state index in [0.29, 0.717) is 0 Å². The van der Waals surface area contributed by atoms with Gasteiger partial charge in [-0.1, -0.05) is 13.8 Å². The van der Waals surface area contributed by atoms with Gasteiger partial charge in [0.05, 0.1) is 6.04 Å². The zero-order chi connectivity index (χ0) is 11.2. The van der Waals surface area contributed by atoms with Crippen molar-refractivity contribution in [1.82, 2.24) is 10.6 Å². The van der Waals surface area contributed by atoms with E-state index in [1.54, 1.807) is 0 Å². The second kappa shape index (κ2) is 5.86. The van der Waals surface area contributed by atoms with Crippen LogP contribution in [0.2, 0.25) is 0 Å². The predicted molar refractivity (Wildman–Crippen MR) is 57.4 cm³/mol. The SMILES string of the molecule is CC.CC(C)(C)OC(=O)NC1CNC1. The second-order valence-electron chi connectivity index (χ2n) is 4.00. The first-order valence-electron chi connectivity index (χ1n) is 5.17. The Morgan fingerprint density at radius 2 is 1.86 bits per heavy atom. The Balaban J connectivity index is 0.000000791. The van der Waals surface area contributed by atoms with Crippen LogP contribution >= 0.6 is 0 Å². The topological polar surface area (TPSA) is 50.4 Å². The maximum atomic E-state index is 11.1. The van der Waals surface area contributed by atoms with Crippen molar-refractivity contribution in [2.45, 2.75) is 46.3 Å². The molecule has 84 valence electrons. The Hall–Kier alpha value is -0.770. The molecule has 0 aliphatic carbocycles. The molecular weight excluding hydrogens is 180 g/mol. The van der Waals surface area contributed by atoms with Gasteiger partial charge in [0.15, 0.2) is 0 Å². The van der Waals surface area contributed by atoms with Gasteiger partial charge in [-0.05, 0) is 20.8 Å². The average Bonchev–Trinajstić information content (AvgIpc) is 1.98. The average molecular weight is 202 g/mol. The monoisotopic (exact) mass is 202 g/mol. The van der Waals surface area contributed by atoms with Crippen LogP contribution in [0.1, 0.15) is 34.6 Å². The van der Waals surface area contributed by atoms with E-state index in [1.807, 2.05) is 34.6 Å². The lowest BCUT2D eigenvalue weighted by Gasteiger charge is -2.29. The third-order valence-electron chi connectivity index (χ3n) is 1.50. The lowest BCUT2D eigenvalue weighted by atomic mass is 10.2. The molecular formula is C10H22N2O2. The Morgan fingerprint density at radius 3 is 2.14 bits per heavy atom. The van der Waals surface area contributed by atoms with Crippen LogP contribution in [0.5, 0.6) is 0 Å². The van der Waals surface area contributed by atoms with E-state index in [9.17, 15) is 4.79 Å². The smallest absolute Gasteiger partial charge is 0.407 e.